The summed E-state index contributed by atoms with van der Waals surface area (Å²) in [5, 5.41) is 7.42. The van der Waals surface area contributed by atoms with E-state index >= 15 is 0 Å². The van der Waals surface area contributed by atoms with E-state index in [-0.39, 0.29) is 0 Å². The largest absolute Gasteiger partial charge is 0.350 e. The summed E-state index contributed by atoms with van der Waals surface area (Å²) in [6.45, 7) is 0. The Hall–Kier alpha value is -2.16. The van der Waals surface area contributed by atoms with Gasteiger partial charge in [-0.3, -0.25) is 15.0 Å². The Morgan fingerprint density at radius 1 is 1.57 bits per heavy atom. The van der Waals surface area contributed by atoms with Gasteiger partial charge in [-0.05, 0) is 0 Å². The Labute approximate surface area is 75.5 Å². The third kappa shape index (κ3) is 4.66. The predicted molar refractivity (Wildman–Crippen MR) is 42.1 cm³/mol. The zero-order chi connectivity index (χ0) is 11.1. The first-order valence-corrected chi connectivity index (χ1v) is 3.14. The topological polar surface area (TPSA) is 141 Å². The summed E-state index contributed by atoms with van der Waals surface area (Å²) in [4.78, 5) is 33.2. The van der Waals surface area contributed by atoms with E-state index < -0.39 is 23.1 Å². The molecule has 1 heterocycles. The van der Waals surface area contributed by atoms with Gasteiger partial charge in [0.25, 0.3) is 5.56 Å². The van der Waals surface area contributed by atoms with E-state index in [9.17, 15) is 18.8 Å². The van der Waals surface area contributed by atoms with Crippen LogP contribution in [0.15, 0.2) is 15.8 Å². The van der Waals surface area contributed by atoms with Gasteiger partial charge in [-0.15, -0.1) is 0 Å². The number of halogens is 1. The van der Waals surface area contributed by atoms with Gasteiger partial charge >= 0.3 is 11.7 Å². The lowest BCUT2D eigenvalue weighted by atomic mass is 10.6. The molecule has 2 amide bonds. The van der Waals surface area contributed by atoms with Crippen LogP contribution in [0.3, 0.4) is 0 Å². The van der Waals surface area contributed by atoms with Crippen molar-refractivity contribution >= 4 is 6.03 Å². The van der Waals surface area contributed by atoms with Crippen molar-refractivity contribution in [3.8, 4) is 0 Å². The monoisotopic (exact) mass is 206 g/mol. The summed E-state index contributed by atoms with van der Waals surface area (Å²) >= 11 is 0. The molecule has 0 bridgehead atoms. The number of nitrogens with one attached hydrogen (secondary N) is 3. The number of hydroxylamine groups is 1. The van der Waals surface area contributed by atoms with E-state index in [1.807, 2.05) is 4.98 Å². The van der Waals surface area contributed by atoms with E-state index in [0.717, 1.165) is 0 Å². The van der Waals surface area contributed by atoms with E-state index in [0.29, 0.717) is 6.20 Å². The van der Waals surface area contributed by atoms with Crippen molar-refractivity contribution in [1.82, 2.24) is 15.4 Å². The van der Waals surface area contributed by atoms with Crippen LogP contribution in [-0.2, 0) is 0 Å². The maximum absolute atomic E-state index is 12.0. The second-order valence-corrected chi connectivity index (χ2v) is 1.90. The number of primary amides is 1. The molecule has 0 radical (unpaired) electrons. The van der Waals surface area contributed by atoms with Gasteiger partial charge in [0, 0.05) is 6.20 Å². The van der Waals surface area contributed by atoms with Crippen LogP contribution >= 0.6 is 0 Å². The van der Waals surface area contributed by atoms with Crippen LogP contribution in [0, 0.1) is 5.82 Å². The van der Waals surface area contributed by atoms with Crippen LogP contribution in [0.2, 0.25) is 0 Å². The number of rotatable bonds is 0. The Balaban J connectivity index is 0.000000292. The number of hydrogen-bond donors (Lipinski definition) is 5. The molecule has 0 saturated carbocycles. The van der Waals surface area contributed by atoms with Crippen molar-refractivity contribution in [2.45, 2.75) is 0 Å². The van der Waals surface area contributed by atoms with Gasteiger partial charge in [-0.25, -0.2) is 15.1 Å². The fraction of sp³-hybridized carbons (Fsp3) is 0. The third-order valence-electron chi connectivity index (χ3n) is 0.884. The number of carbonyl (C=O) groups excluding carboxylic acids is 1. The molecule has 1 rings (SSSR count). The molecule has 8 nitrogen and oxygen atoms in total. The maximum Gasteiger partial charge on any atom is 0.335 e. The Morgan fingerprint density at radius 3 is 2.36 bits per heavy atom. The minimum atomic E-state index is -1.00. The highest BCUT2D eigenvalue weighted by atomic mass is 19.1. The van der Waals surface area contributed by atoms with E-state index in [1.54, 1.807) is 4.98 Å². The number of aromatic amines is 2. The molecular weight excluding hydrogens is 199 g/mol. The zero-order valence-electron chi connectivity index (χ0n) is 6.70. The highest BCUT2D eigenvalue weighted by molar-refractivity contribution is 5.69. The molecule has 1 aromatic heterocycles. The van der Waals surface area contributed by atoms with Crippen molar-refractivity contribution in [3.05, 3.63) is 32.9 Å². The van der Waals surface area contributed by atoms with Crippen LogP contribution in [-0.4, -0.2) is 21.2 Å². The van der Waals surface area contributed by atoms with E-state index in [2.05, 4.69) is 5.73 Å². The Bertz CT molecular complexity index is 411. The molecule has 0 saturated heterocycles. The molecule has 0 aliphatic carbocycles. The fourth-order valence-electron chi connectivity index (χ4n) is 0.393. The molecule has 1 aromatic rings. The second-order valence-electron chi connectivity index (χ2n) is 1.90. The van der Waals surface area contributed by atoms with Gasteiger partial charge in [-0.1, -0.05) is 0 Å². The number of aromatic nitrogens is 2. The first kappa shape index (κ1) is 11.8. The summed E-state index contributed by atoms with van der Waals surface area (Å²) in [5.41, 5.74) is 3.75. The van der Waals surface area contributed by atoms with Crippen molar-refractivity contribution < 1.29 is 14.4 Å². The van der Waals surface area contributed by atoms with Crippen LogP contribution in [0.4, 0.5) is 9.18 Å². The quantitative estimate of drug-likeness (QED) is 0.253. The maximum atomic E-state index is 12.0. The normalized spacial score (nSPS) is 8.43. The second kappa shape index (κ2) is 5.48. The van der Waals surface area contributed by atoms with Gasteiger partial charge in [0.1, 0.15) is 0 Å². The number of urea groups is 1. The number of amides is 2. The average Bonchev–Trinajstić information content (AvgIpc) is 2.13. The number of H-pyrrole nitrogens is 2. The standard InChI is InChI=1S/C4H3FN2O2.CH4N2O2/c5-2-1-6-4(9)7-3(2)8;2-1(4)3-5/h1H,(H2,6,7,8,9);5H,(H3,2,3,4). The van der Waals surface area contributed by atoms with Crippen LogP contribution < -0.4 is 22.5 Å². The van der Waals surface area contributed by atoms with Gasteiger partial charge in [-0.2, -0.15) is 4.39 Å². The van der Waals surface area contributed by atoms with Gasteiger partial charge in [0.2, 0.25) is 5.82 Å². The number of carbonyl (C=O) groups is 1. The number of hydrogen-bond acceptors (Lipinski definition) is 4. The first-order chi connectivity index (χ1) is 6.47. The lowest BCUT2D eigenvalue weighted by Gasteiger charge is -1.81. The van der Waals surface area contributed by atoms with Crippen LogP contribution in [0.1, 0.15) is 0 Å². The SMILES string of the molecule is NC(=O)NO.O=c1[nH]cc(F)c(=O)[nH]1. The molecule has 78 valence electrons. The fourth-order valence-corrected chi connectivity index (χ4v) is 0.393. The third-order valence-corrected chi connectivity index (χ3v) is 0.884. The van der Waals surface area contributed by atoms with Crippen molar-refractivity contribution in [1.29, 1.82) is 0 Å². The van der Waals surface area contributed by atoms with Crippen molar-refractivity contribution in [2.24, 2.45) is 5.73 Å². The highest BCUT2D eigenvalue weighted by Gasteiger charge is 1.93. The predicted octanol–water partition coefficient (Wildman–Crippen LogP) is -1.75. The molecule has 0 aromatic carbocycles. The summed E-state index contributed by atoms with van der Waals surface area (Å²) in [5.74, 6) is -0.991. The molecule has 0 aliphatic rings. The molecule has 0 fully saturated rings. The van der Waals surface area contributed by atoms with E-state index in [1.165, 1.54) is 5.48 Å². The molecular formula is C5H7FN4O4. The smallest absolute Gasteiger partial charge is 0.335 e. The van der Waals surface area contributed by atoms with Crippen molar-refractivity contribution in [3.63, 3.8) is 0 Å². The van der Waals surface area contributed by atoms with Gasteiger partial charge in [0.15, 0.2) is 0 Å². The number of nitrogens with two attached hydrogens (primary N) is 1. The Morgan fingerprint density at radius 2 is 2.07 bits per heavy atom. The van der Waals surface area contributed by atoms with Crippen LogP contribution in [0.5, 0.6) is 0 Å². The van der Waals surface area contributed by atoms with Crippen molar-refractivity contribution in [2.75, 3.05) is 0 Å². The van der Waals surface area contributed by atoms with Gasteiger partial charge in [0.05, 0.1) is 0 Å². The summed E-state index contributed by atoms with van der Waals surface area (Å²) in [6.07, 6.45) is 0.709. The average molecular weight is 206 g/mol. The first-order valence-electron chi connectivity index (χ1n) is 3.14. The molecule has 0 atom stereocenters. The van der Waals surface area contributed by atoms with E-state index in [4.69, 9.17) is 5.21 Å². The lowest BCUT2D eigenvalue weighted by Crippen LogP contribution is -2.25. The molecule has 0 aliphatic heterocycles. The molecule has 14 heavy (non-hydrogen) atoms. The molecule has 0 unspecified atom stereocenters. The molecule has 6 N–H and O–H groups in total. The zero-order valence-corrected chi connectivity index (χ0v) is 6.70. The minimum Gasteiger partial charge on any atom is -0.350 e. The Kier molecular flexibility index (Phi) is 4.63. The highest BCUT2D eigenvalue weighted by Crippen LogP contribution is 1.74. The lowest BCUT2D eigenvalue weighted by molar-refractivity contribution is 0.169. The summed E-state index contributed by atoms with van der Waals surface area (Å²) in [6, 6.07) is -0.940. The van der Waals surface area contributed by atoms with Crippen LogP contribution in [0.25, 0.3) is 0 Å². The molecule has 0 spiro atoms. The van der Waals surface area contributed by atoms with Gasteiger partial charge < -0.3 is 10.7 Å². The summed E-state index contributed by atoms with van der Waals surface area (Å²) in [7, 11) is 0. The summed E-state index contributed by atoms with van der Waals surface area (Å²) < 4.78 is 12.0. The molecule has 9 heteroatoms. The minimum absolute atomic E-state index is 0.707.